The van der Waals surface area contributed by atoms with Gasteiger partial charge in [-0.2, -0.15) is 4.68 Å². The zero-order valence-corrected chi connectivity index (χ0v) is 13.3. The van der Waals surface area contributed by atoms with E-state index in [1.165, 1.54) is 6.92 Å². The Balaban J connectivity index is 2.86. The van der Waals surface area contributed by atoms with Gasteiger partial charge in [0.1, 0.15) is 6.33 Å². The van der Waals surface area contributed by atoms with Gasteiger partial charge in [-0.15, -0.1) is 11.7 Å². The molecule has 0 atom stereocenters. The highest BCUT2D eigenvalue weighted by molar-refractivity contribution is 7.91. The van der Waals surface area contributed by atoms with Gasteiger partial charge >= 0.3 is 6.03 Å². The van der Waals surface area contributed by atoms with Gasteiger partial charge in [-0.05, 0) is 6.42 Å². The molecule has 0 saturated carbocycles. The van der Waals surface area contributed by atoms with E-state index in [0.29, 0.717) is 13.1 Å². The number of unbranched alkanes of at least 4 members (excludes halogenated alkanes) is 2. The lowest BCUT2D eigenvalue weighted by Gasteiger charge is -2.20. The second kappa shape index (κ2) is 7.92. The number of amides is 1. The number of hydrogen-bond donors (Lipinski definition) is 0. The summed E-state index contributed by atoms with van der Waals surface area (Å²) in [6.07, 6.45) is 5.72. The van der Waals surface area contributed by atoms with Gasteiger partial charge in [-0.25, -0.2) is 18.2 Å². The molecule has 0 aliphatic heterocycles. The van der Waals surface area contributed by atoms with Crippen molar-refractivity contribution in [2.24, 2.45) is 0 Å². The normalized spacial score (nSPS) is 11.3. The van der Waals surface area contributed by atoms with Crippen molar-refractivity contribution in [3.05, 3.63) is 19.0 Å². The Morgan fingerprint density at radius 3 is 2.71 bits per heavy atom. The van der Waals surface area contributed by atoms with Gasteiger partial charge in [0, 0.05) is 13.1 Å². The highest BCUT2D eigenvalue weighted by atomic mass is 32.2. The molecule has 0 aliphatic rings. The Labute approximate surface area is 125 Å². The van der Waals surface area contributed by atoms with Crippen LogP contribution in [0, 0.1) is 0 Å². The Bertz CT molecular complexity index is 580. The van der Waals surface area contributed by atoms with Crippen LogP contribution in [0.5, 0.6) is 0 Å². The summed E-state index contributed by atoms with van der Waals surface area (Å²) < 4.78 is 24.3. The third-order valence-electron chi connectivity index (χ3n) is 2.98. The Morgan fingerprint density at radius 1 is 1.43 bits per heavy atom. The molecule has 1 heterocycles. The summed E-state index contributed by atoms with van der Waals surface area (Å²) in [6.45, 7) is 8.18. The monoisotopic (exact) mass is 314 g/mol. The lowest BCUT2D eigenvalue weighted by atomic mass is 10.2. The molecule has 21 heavy (non-hydrogen) atoms. The molecule has 0 aromatic carbocycles. The molecular weight excluding hydrogens is 292 g/mol. The molecule has 0 radical (unpaired) electrons. The predicted octanol–water partition coefficient (Wildman–Crippen LogP) is 1.72. The predicted molar refractivity (Wildman–Crippen MR) is 79.8 cm³/mol. The number of rotatable bonds is 8. The molecule has 0 bridgehead atoms. The summed E-state index contributed by atoms with van der Waals surface area (Å²) >= 11 is 0. The number of carbonyl (C=O) groups is 1. The number of nitrogens with zero attached hydrogens (tertiary/aromatic N) is 4. The molecule has 0 fully saturated rings. The second-order valence-corrected chi connectivity index (χ2v) is 6.77. The SMILES string of the molecule is C=CCN(CCCCC)C(=O)n1cnc(S(=O)(=O)CC)n1. The van der Waals surface area contributed by atoms with Crippen LogP contribution in [-0.4, -0.2) is 53.0 Å². The first kappa shape index (κ1) is 17.4. The molecular formula is C13H22N4O3S. The Hall–Kier alpha value is -1.70. The molecule has 0 aliphatic carbocycles. The first-order valence-electron chi connectivity index (χ1n) is 7.00. The summed E-state index contributed by atoms with van der Waals surface area (Å²) in [7, 11) is -3.50. The highest BCUT2D eigenvalue weighted by Crippen LogP contribution is 2.06. The van der Waals surface area contributed by atoms with Crippen molar-refractivity contribution in [2.75, 3.05) is 18.8 Å². The fourth-order valence-corrected chi connectivity index (χ4v) is 2.41. The van der Waals surface area contributed by atoms with Crippen LogP contribution in [0.1, 0.15) is 33.1 Å². The maximum atomic E-state index is 12.3. The van der Waals surface area contributed by atoms with Crippen molar-refractivity contribution in [2.45, 2.75) is 38.3 Å². The zero-order chi connectivity index (χ0) is 15.9. The topological polar surface area (TPSA) is 85.2 Å². The van der Waals surface area contributed by atoms with E-state index in [1.54, 1.807) is 11.0 Å². The maximum Gasteiger partial charge on any atom is 0.346 e. The van der Waals surface area contributed by atoms with Crippen molar-refractivity contribution in [3.63, 3.8) is 0 Å². The summed E-state index contributed by atoms with van der Waals surface area (Å²) in [6, 6.07) is -0.393. The van der Waals surface area contributed by atoms with Gasteiger partial charge in [-0.1, -0.05) is 32.8 Å². The van der Waals surface area contributed by atoms with Crippen molar-refractivity contribution in [1.29, 1.82) is 0 Å². The summed E-state index contributed by atoms with van der Waals surface area (Å²) in [5.74, 6) is -0.0991. The van der Waals surface area contributed by atoms with Crippen LogP contribution in [0.25, 0.3) is 0 Å². The number of carbonyl (C=O) groups excluding carboxylic acids is 1. The number of aromatic nitrogens is 3. The zero-order valence-electron chi connectivity index (χ0n) is 12.5. The molecule has 1 aromatic rings. The van der Waals surface area contributed by atoms with Crippen molar-refractivity contribution in [3.8, 4) is 0 Å². The van der Waals surface area contributed by atoms with Gasteiger partial charge in [-0.3, -0.25) is 0 Å². The van der Waals surface area contributed by atoms with E-state index in [-0.39, 0.29) is 10.9 Å². The molecule has 0 unspecified atom stereocenters. The smallest absolute Gasteiger partial charge is 0.319 e. The van der Waals surface area contributed by atoms with E-state index < -0.39 is 15.9 Å². The second-order valence-electron chi connectivity index (χ2n) is 4.60. The largest absolute Gasteiger partial charge is 0.346 e. The average molecular weight is 314 g/mol. The summed E-state index contributed by atoms with van der Waals surface area (Å²) in [5.41, 5.74) is 0. The third-order valence-corrected chi connectivity index (χ3v) is 4.48. The fraction of sp³-hybridized carbons (Fsp3) is 0.615. The number of sulfone groups is 1. The van der Waals surface area contributed by atoms with Gasteiger partial charge in [0.15, 0.2) is 0 Å². The van der Waals surface area contributed by atoms with Crippen LogP contribution in [-0.2, 0) is 9.84 Å². The molecule has 8 heteroatoms. The first-order chi connectivity index (χ1) is 9.96. The number of hydrogen-bond acceptors (Lipinski definition) is 5. The lowest BCUT2D eigenvalue weighted by molar-refractivity contribution is 0.200. The lowest BCUT2D eigenvalue weighted by Crippen LogP contribution is -2.36. The first-order valence-corrected chi connectivity index (χ1v) is 8.66. The minimum Gasteiger partial charge on any atom is -0.319 e. The van der Waals surface area contributed by atoms with E-state index in [1.807, 2.05) is 0 Å². The van der Waals surface area contributed by atoms with E-state index in [2.05, 4.69) is 23.6 Å². The van der Waals surface area contributed by atoms with E-state index >= 15 is 0 Å². The van der Waals surface area contributed by atoms with Gasteiger partial charge in [0.25, 0.3) is 5.16 Å². The van der Waals surface area contributed by atoms with Gasteiger partial charge in [0.05, 0.1) is 5.75 Å². The minimum atomic E-state index is -3.50. The Kier molecular flexibility index (Phi) is 6.54. The quantitative estimate of drug-likeness (QED) is 0.539. The molecule has 0 spiro atoms. The van der Waals surface area contributed by atoms with E-state index in [0.717, 1.165) is 30.3 Å². The van der Waals surface area contributed by atoms with Gasteiger partial charge in [0.2, 0.25) is 9.84 Å². The van der Waals surface area contributed by atoms with E-state index in [4.69, 9.17) is 0 Å². The highest BCUT2D eigenvalue weighted by Gasteiger charge is 2.21. The molecule has 7 nitrogen and oxygen atoms in total. The van der Waals surface area contributed by atoms with Crippen LogP contribution >= 0.6 is 0 Å². The van der Waals surface area contributed by atoms with Crippen LogP contribution in [0.2, 0.25) is 0 Å². The van der Waals surface area contributed by atoms with Crippen LogP contribution < -0.4 is 0 Å². The fourth-order valence-electron chi connectivity index (χ4n) is 1.73. The molecule has 0 saturated heterocycles. The average Bonchev–Trinajstić information content (AvgIpc) is 2.96. The Morgan fingerprint density at radius 2 is 2.14 bits per heavy atom. The van der Waals surface area contributed by atoms with Crippen LogP contribution in [0.3, 0.4) is 0 Å². The molecule has 118 valence electrons. The maximum absolute atomic E-state index is 12.3. The van der Waals surface area contributed by atoms with Crippen LogP contribution in [0.4, 0.5) is 4.79 Å². The van der Waals surface area contributed by atoms with Crippen molar-refractivity contribution >= 4 is 15.9 Å². The minimum absolute atomic E-state index is 0.0991. The third kappa shape index (κ3) is 4.66. The van der Waals surface area contributed by atoms with Crippen molar-refractivity contribution in [1.82, 2.24) is 19.7 Å². The molecule has 1 aromatic heterocycles. The molecule has 1 rings (SSSR count). The molecule has 1 amide bonds. The molecule has 0 N–H and O–H groups in total. The summed E-state index contributed by atoms with van der Waals surface area (Å²) in [4.78, 5) is 17.6. The van der Waals surface area contributed by atoms with Crippen LogP contribution in [0.15, 0.2) is 24.1 Å². The van der Waals surface area contributed by atoms with Gasteiger partial charge < -0.3 is 4.90 Å². The van der Waals surface area contributed by atoms with Crippen molar-refractivity contribution < 1.29 is 13.2 Å². The summed E-state index contributed by atoms with van der Waals surface area (Å²) in [5, 5.41) is 3.46. The van der Waals surface area contributed by atoms with E-state index in [9.17, 15) is 13.2 Å². The standard InChI is InChI=1S/C13H22N4O3S/c1-4-7-8-10-16(9-5-2)13(18)17-11-14-12(15-17)21(19,20)6-3/h5,11H,2,4,6-10H2,1,3H3.